The first kappa shape index (κ1) is 14.1. The van der Waals surface area contributed by atoms with Crippen LogP contribution in [0.4, 0.5) is 0 Å². The molecule has 2 heterocycles. The van der Waals surface area contributed by atoms with E-state index in [4.69, 9.17) is 0 Å². The minimum Gasteiger partial charge on any atom is -0.338 e. The van der Waals surface area contributed by atoms with E-state index in [-0.39, 0.29) is 17.4 Å². The lowest BCUT2D eigenvalue weighted by Crippen LogP contribution is -2.26. The fourth-order valence-electron chi connectivity index (χ4n) is 2.82. The summed E-state index contributed by atoms with van der Waals surface area (Å²) < 4.78 is 0.886. The SMILES string of the molecule is C=CC(=O)N1CCC(c2cc3ccc(Br)cc3c(=O)[nH]2)C1. The van der Waals surface area contributed by atoms with Crippen molar-refractivity contribution in [2.45, 2.75) is 12.3 Å². The summed E-state index contributed by atoms with van der Waals surface area (Å²) in [4.78, 5) is 28.6. The monoisotopic (exact) mass is 346 g/mol. The van der Waals surface area contributed by atoms with Crippen molar-refractivity contribution in [3.05, 3.63) is 57.4 Å². The Morgan fingerprint density at radius 3 is 3.00 bits per heavy atom. The maximum atomic E-state index is 12.2. The van der Waals surface area contributed by atoms with Crippen molar-refractivity contribution in [1.82, 2.24) is 9.88 Å². The molecular weight excluding hydrogens is 332 g/mol. The number of amides is 1. The molecule has 0 aliphatic carbocycles. The Bertz CT molecular complexity index is 781. The second-order valence-electron chi connectivity index (χ2n) is 5.26. The zero-order valence-corrected chi connectivity index (χ0v) is 13.0. The Morgan fingerprint density at radius 2 is 2.24 bits per heavy atom. The van der Waals surface area contributed by atoms with Gasteiger partial charge in [-0.2, -0.15) is 0 Å². The number of fused-ring (bicyclic) bond motifs is 1. The van der Waals surface area contributed by atoms with Gasteiger partial charge in [0.2, 0.25) is 5.91 Å². The summed E-state index contributed by atoms with van der Waals surface area (Å²) in [5.74, 6) is 0.124. The van der Waals surface area contributed by atoms with Crippen LogP contribution in [0.3, 0.4) is 0 Å². The Kier molecular flexibility index (Phi) is 3.68. The average molecular weight is 347 g/mol. The van der Waals surface area contributed by atoms with E-state index < -0.39 is 0 Å². The van der Waals surface area contributed by atoms with E-state index in [1.54, 1.807) is 4.90 Å². The van der Waals surface area contributed by atoms with Gasteiger partial charge in [-0.1, -0.05) is 28.6 Å². The number of halogens is 1. The van der Waals surface area contributed by atoms with Crippen LogP contribution in [-0.2, 0) is 4.79 Å². The second-order valence-corrected chi connectivity index (χ2v) is 6.18. The summed E-state index contributed by atoms with van der Waals surface area (Å²) in [6, 6.07) is 7.68. The molecule has 1 saturated heterocycles. The molecule has 0 bridgehead atoms. The highest BCUT2D eigenvalue weighted by atomic mass is 79.9. The normalized spacial score (nSPS) is 18.1. The smallest absolute Gasteiger partial charge is 0.256 e. The third-order valence-electron chi connectivity index (χ3n) is 3.94. The van der Waals surface area contributed by atoms with E-state index in [0.29, 0.717) is 18.5 Å². The number of hydrogen-bond acceptors (Lipinski definition) is 2. The number of aromatic nitrogens is 1. The topological polar surface area (TPSA) is 53.2 Å². The molecule has 1 N–H and O–H groups in total. The zero-order valence-electron chi connectivity index (χ0n) is 11.4. The van der Waals surface area contributed by atoms with Crippen molar-refractivity contribution >= 4 is 32.6 Å². The number of hydrogen-bond donors (Lipinski definition) is 1. The van der Waals surface area contributed by atoms with Crippen molar-refractivity contribution in [3.63, 3.8) is 0 Å². The van der Waals surface area contributed by atoms with Gasteiger partial charge < -0.3 is 9.88 Å². The number of aromatic amines is 1. The van der Waals surface area contributed by atoms with Crippen molar-refractivity contribution < 1.29 is 4.79 Å². The molecule has 1 aromatic heterocycles. The van der Waals surface area contributed by atoms with Crippen LogP contribution in [0.25, 0.3) is 10.8 Å². The van der Waals surface area contributed by atoms with Gasteiger partial charge in [-0.25, -0.2) is 0 Å². The van der Waals surface area contributed by atoms with E-state index in [1.807, 2.05) is 24.3 Å². The molecule has 1 aliphatic heterocycles. The van der Waals surface area contributed by atoms with E-state index in [1.165, 1.54) is 6.08 Å². The molecule has 4 nitrogen and oxygen atoms in total. The average Bonchev–Trinajstić information content (AvgIpc) is 2.97. The van der Waals surface area contributed by atoms with Gasteiger partial charge in [0.1, 0.15) is 0 Å². The van der Waals surface area contributed by atoms with Crippen LogP contribution < -0.4 is 5.56 Å². The van der Waals surface area contributed by atoms with Crippen LogP contribution in [0, 0.1) is 0 Å². The molecule has 0 radical (unpaired) electrons. The number of nitrogens with one attached hydrogen (secondary N) is 1. The van der Waals surface area contributed by atoms with Gasteiger partial charge in [-0.05, 0) is 36.1 Å². The van der Waals surface area contributed by atoms with Crippen LogP contribution in [-0.4, -0.2) is 28.9 Å². The molecule has 1 unspecified atom stereocenters. The lowest BCUT2D eigenvalue weighted by Gasteiger charge is -2.14. The first-order chi connectivity index (χ1) is 10.1. The number of nitrogens with zero attached hydrogens (tertiary/aromatic N) is 1. The standard InChI is InChI=1S/C16H15BrN2O2/c1-2-15(20)19-6-5-11(9-19)14-7-10-3-4-12(17)8-13(10)16(21)18-14/h2-4,7-8,11H,1,5-6,9H2,(H,18,21). The molecule has 5 heteroatoms. The molecule has 0 saturated carbocycles. The Morgan fingerprint density at radius 1 is 1.43 bits per heavy atom. The summed E-state index contributed by atoms with van der Waals surface area (Å²) in [5.41, 5.74) is 0.812. The number of H-pyrrole nitrogens is 1. The zero-order chi connectivity index (χ0) is 15.0. The van der Waals surface area contributed by atoms with Gasteiger partial charge in [-0.15, -0.1) is 0 Å². The lowest BCUT2D eigenvalue weighted by atomic mass is 10.0. The Labute approximate surface area is 130 Å². The lowest BCUT2D eigenvalue weighted by molar-refractivity contribution is -0.125. The van der Waals surface area contributed by atoms with Crippen molar-refractivity contribution in [3.8, 4) is 0 Å². The Hall–Kier alpha value is -1.88. The summed E-state index contributed by atoms with van der Waals surface area (Å²) in [6.45, 7) is 4.84. The summed E-state index contributed by atoms with van der Waals surface area (Å²) in [7, 11) is 0. The van der Waals surface area contributed by atoms with Gasteiger partial charge in [0.25, 0.3) is 5.56 Å². The fraction of sp³-hybridized carbons (Fsp3) is 0.250. The van der Waals surface area contributed by atoms with Crippen LogP contribution >= 0.6 is 15.9 Å². The number of carbonyl (C=O) groups is 1. The molecular formula is C16H15BrN2O2. The predicted octanol–water partition coefficient (Wildman–Crippen LogP) is 2.79. The van der Waals surface area contributed by atoms with Gasteiger partial charge >= 0.3 is 0 Å². The summed E-state index contributed by atoms with van der Waals surface area (Å²) in [5, 5.41) is 1.59. The van der Waals surface area contributed by atoms with E-state index in [0.717, 1.165) is 22.0 Å². The van der Waals surface area contributed by atoms with Crippen LogP contribution in [0.5, 0.6) is 0 Å². The molecule has 1 aromatic carbocycles. The van der Waals surface area contributed by atoms with Gasteiger partial charge in [0.15, 0.2) is 0 Å². The molecule has 1 amide bonds. The minimum absolute atomic E-state index is 0.0513. The number of rotatable bonds is 2. The Balaban J connectivity index is 1.95. The minimum atomic E-state index is -0.0858. The molecule has 21 heavy (non-hydrogen) atoms. The molecule has 3 rings (SSSR count). The summed E-state index contributed by atoms with van der Waals surface area (Å²) >= 11 is 3.38. The molecule has 1 fully saturated rings. The largest absolute Gasteiger partial charge is 0.338 e. The third kappa shape index (κ3) is 2.65. The maximum absolute atomic E-state index is 12.2. The van der Waals surface area contributed by atoms with Crippen LogP contribution in [0.2, 0.25) is 0 Å². The molecule has 1 atom stereocenters. The number of likely N-dealkylation sites (tertiary alicyclic amines) is 1. The molecule has 1 aliphatic rings. The number of benzene rings is 1. The summed E-state index contributed by atoms with van der Waals surface area (Å²) in [6.07, 6.45) is 2.20. The molecule has 0 spiro atoms. The predicted molar refractivity (Wildman–Crippen MR) is 86.4 cm³/mol. The van der Waals surface area contributed by atoms with Crippen molar-refractivity contribution in [1.29, 1.82) is 0 Å². The highest BCUT2D eigenvalue weighted by Gasteiger charge is 2.26. The second kappa shape index (κ2) is 5.48. The highest BCUT2D eigenvalue weighted by molar-refractivity contribution is 9.10. The molecule has 108 valence electrons. The fourth-order valence-corrected chi connectivity index (χ4v) is 3.18. The van der Waals surface area contributed by atoms with Crippen molar-refractivity contribution in [2.24, 2.45) is 0 Å². The quantitative estimate of drug-likeness (QED) is 0.850. The van der Waals surface area contributed by atoms with E-state index >= 15 is 0 Å². The highest BCUT2D eigenvalue weighted by Crippen LogP contribution is 2.27. The first-order valence-corrected chi connectivity index (χ1v) is 7.61. The van der Waals surface area contributed by atoms with E-state index in [9.17, 15) is 9.59 Å². The van der Waals surface area contributed by atoms with Gasteiger partial charge in [-0.3, -0.25) is 9.59 Å². The number of pyridine rings is 1. The van der Waals surface area contributed by atoms with Crippen LogP contribution in [0.1, 0.15) is 18.0 Å². The first-order valence-electron chi connectivity index (χ1n) is 6.82. The molecule has 2 aromatic rings. The van der Waals surface area contributed by atoms with Gasteiger partial charge in [0.05, 0.1) is 0 Å². The van der Waals surface area contributed by atoms with Crippen molar-refractivity contribution in [2.75, 3.05) is 13.1 Å². The number of carbonyl (C=O) groups excluding carboxylic acids is 1. The van der Waals surface area contributed by atoms with E-state index in [2.05, 4.69) is 27.5 Å². The van der Waals surface area contributed by atoms with Crippen LogP contribution in [0.15, 0.2) is 46.2 Å². The van der Waals surface area contributed by atoms with Gasteiger partial charge in [0, 0.05) is 34.6 Å². The maximum Gasteiger partial charge on any atom is 0.256 e. The third-order valence-corrected chi connectivity index (χ3v) is 4.44.